The molecule has 1 unspecified atom stereocenters. The number of ether oxygens (including phenoxy) is 1. The summed E-state index contributed by atoms with van der Waals surface area (Å²) < 4.78 is 22.0. The van der Waals surface area contributed by atoms with Crippen molar-refractivity contribution in [2.45, 2.75) is 53.1 Å². The molecule has 0 saturated carbocycles. The number of Topliss-reactive ketones (excluding diaryl/α,β-unsaturated/α-hetero) is 1. The van der Waals surface area contributed by atoms with Gasteiger partial charge < -0.3 is 10.5 Å². The van der Waals surface area contributed by atoms with E-state index in [0.717, 1.165) is 22.3 Å². The molecule has 3 aromatic carbocycles. The molecule has 1 aliphatic carbocycles. The molecule has 5 rings (SSSR count). The summed E-state index contributed by atoms with van der Waals surface area (Å²) in [6.45, 7) is 8.24. The van der Waals surface area contributed by atoms with E-state index in [9.17, 15) is 10.1 Å². The summed E-state index contributed by atoms with van der Waals surface area (Å²) in [6.07, 6.45) is 0.803. The van der Waals surface area contributed by atoms with E-state index in [1.165, 1.54) is 6.07 Å². The van der Waals surface area contributed by atoms with Gasteiger partial charge in [-0.15, -0.1) is 0 Å². The number of rotatable bonds is 5. The minimum absolute atomic E-state index is 0.0714. The molecule has 0 bridgehead atoms. The van der Waals surface area contributed by atoms with Crippen molar-refractivity contribution in [3.8, 4) is 11.8 Å². The van der Waals surface area contributed by atoms with Gasteiger partial charge in [0, 0.05) is 22.2 Å². The Labute approximate surface area is 253 Å². The molecule has 0 radical (unpaired) electrons. The van der Waals surface area contributed by atoms with Gasteiger partial charge in [0.05, 0.1) is 28.3 Å². The summed E-state index contributed by atoms with van der Waals surface area (Å²) in [5.74, 6) is -0.578. The van der Waals surface area contributed by atoms with Crippen LogP contribution in [0.5, 0.6) is 5.75 Å². The SMILES string of the molecule is Cc1cc(C)c(C2C(C#N)=C(N)N(c3ccc(Br)cc3F)C3=C2C(=O)CC(C)(C)C3)cc1COc1ccccc1Cl. The van der Waals surface area contributed by atoms with E-state index >= 15 is 4.39 Å². The van der Waals surface area contributed by atoms with Crippen LogP contribution in [0.25, 0.3) is 0 Å². The number of nitrogens with two attached hydrogens (primary N) is 1. The molecule has 0 spiro atoms. The zero-order valence-corrected chi connectivity index (χ0v) is 25.7. The molecular weight excluding hydrogens is 605 g/mol. The van der Waals surface area contributed by atoms with E-state index in [2.05, 4.69) is 22.0 Å². The quantitative estimate of drug-likeness (QED) is 0.305. The van der Waals surface area contributed by atoms with Gasteiger partial charge in [-0.1, -0.05) is 65.6 Å². The molecule has 5 nitrogen and oxygen atoms in total. The fraction of sp³-hybridized carbons (Fsp3) is 0.273. The van der Waals surface area contributed by atoms with Crippen molar-refractivity contribution in [3.05, 3.63) is 115 Å². The number of nitrogens with zero attached hydrogens (tertiary/aromatic N) is 2. The van der Waals surface area contributed by atoms with Crippen LogP contribution in [0.1, 0.15) is 54.9 Å². The lowest BCUT2D eigenvalue weighted by Gasteiger charge is -2.44. The number of carbonyl (C=O) groups is 1. The zero-order valence-electron chi connectivity index (χ0n) is 23.3. The lowest BCUT2D eigenvalue weighted by molar-refractivity contribution is -0.118. The van der Waals surface area contributed by atoms with Gasteiger partial charge in [-0.25, -0.2) is 4.39 Å². The predicted octanol–water partition coefficient (Wildman–Crippen LogP) is 8.38. The summed E-state index contributed by atoms with van der Waals surface area (Å²) >= 11 is 9.62. The summed E-state index contributed by atoms with van der Waals surface area (Å²) in [6, 6.07) is 18.2. The van der Waals surface area contributed by atoms with Gasteiger partial charge in [-0.05, 0) is 78.3 Å². The van der Waals surface area contributed by atoms with E-state index in [4.69, 9.17) is 22.1 Å². The fourth-order valence-electron chi connectivity index (χ4n) is 5.86. The molecular formula is C33H30BrClFN3O2. The molecule has 41 heavy (non-hydrogen) atoms. The standard InChI is InChI=1S/C33H30BrClFN3O2/c1-18-11-19(2)22(12-20(18)17-41-29-8-6-5-7-24(29)35)30-23(16-37)32(38)39(26-10-9-21(34)13-25(26)36)27-14-33(3,4)15-28(40)31(27)30/h5-13,30H,14-15,17,38H2,1-4H3. The van der Waals surface area contributed by atoms with Crippen molar-refractivity contribution in [1.82, 2.24) is 0 Å². The van der Waals surface area contributed by atoms with Crippen LogP contribution < -0.4 is 15.4 Å². The van der Waals surface area contributed by atoms with E-state index in [1.807, 2.05) is 52.0 Å². The highest BCUT2D eigenvalue weighted by molar-refractivity contribution is 9.10. The van der Waals surface area contributed by atoms with Crippen LogP contribution in [0.4, 0.5) is 10.1 Å². The van der Waals surface area contributed by atoms with Gasteiger partial charge in [0.1, 0.15) is 24.0 Å². The van der Waals surface area contributed by atoms with Gasteiger partial charge in [0.25, 0.3) is 0 Å². The number of nitriles is 1. The molecule has 0 saturated heterocycles. The third kappa shape index (κ3) is 5.39. The van der Waals surface area contributed by atoms with Crippen LogP contribution in [0.2, 0.25) is 5.02 Å². The number of aryl methyl sites for hydroxylation is 2. The first-order valence-corrected chi connectivity index (χ1v) is 14.5. The average Bonchev–Trinajstić information content (AvgIpc) is 2.89. The van der Waals surface area contributed by atoms with Gasteiger partial charge in [0.2, 0.25) is 0 Å². The van der Waals surface area contributed by atoms with E-state index in [0.29, 0.717) is 39.4 Å². The molecule has 3 aromatic rings. The smallest absolute Gasteiger partial charge is 0.162 e. The fourth-order valence-corrected chi connectivity index (χ4v) is 6.38. The second kappa shape index (κ2) is 11.0. The molecule has 0 fully saturated rings. The van der Waals surface area contributed by atoms with Crippen LogP contribution in [0.15, 0.2) is 81.7 Å². The van der Waals surface area contributed by atoms with Crippen molar-refractivity contribution >= 4 is 39.0 Å². The zero-order chi connectivity index (χ0) is 29.6. The molecule has 2 aliphatic rings. The highest BCUT2D eigenvalue weighted by atomic mass is 79.9. The molecule has 2 N–H and O–H groups in total. The number of hydrogen-bond donors (Lipinski definition) is 1. The van der Waals surface area contributed by atoms with E-state index < -0.39 is 11.7 Å². The molecule has 1 heterocycles. The van der Waals surface area contributed by atoms with Crippen LogP contribution in [0.3, 0.4) is 0 Å². The number of carbonyl (C=O) groups excluding carboxylic acids is 1. The predicted molar refractivity (Wildman–Crippen MR) is 163 cm³/mol. The van der Waals surface area contributed by atoms with Crippen molar-refractivity contribution in [2.75, 3.05) is 4.90 Å². The second-order valence-electron chi connectivity index (χ2n) is 11.4. The Hall–Kier alpha value is -3.60. The van der Waals surface area contributed by atoms with Gasteiger partial charge in [-0.2, -0.15) is 5.26 Å². The molecule has 210 valence electrons. The second-order valence-corrected chi connectivity index (χ2v) is 12.8. The Morgan fingerprint density at radius 2 is 1.88 bits per heavy atom. The minimum atomic E-state index is -0.687. The monoisotopic (exact) mass is 633 g/mol. The summed E-state index contributed by atoms with van der Waals surface area (Å²) in [5.41, 5.74) is 11.5. The lowest BCUT2D eigenvalue weighted by atomic mass is 9.68. The first kappa shape index (κ1) is 28.9. The van der Waals surface area contributed by atoms with Crippen molar-refractivity contribution < 1.29 is 13.9 Å². The summed E-state index contributed by atoms with van der Waals surface area (Å²) in [7, 11) is 0. The number of para-hydroxylation sites is 1. The third-order valence-electron chi connectivity index (χ3n) is 7.79. The normalized spacial score (nSPS) is 18.3. The first-order valence-electron chi connectivity index (χ1n) is 13.3. The largest absolute Gasteiger partial charge is 0.487 e. The van der Waals surface area contributed by atoms with Crippen LogP contribution in [-0.4, -0.2) is 5.78 Å². The molecule has 8 heteroatoms. The summed E-state index contributed by atoms with van der Waals surface area (Å²) in [4.78, 5) is 15.5. The summed E-state index contributed by atoms with van der Waals surface area (Å²) in [5, 5.41) is 11.0. The maximum absolute atomic E-state index is 15.4. The topological polar surface area (TPSA) is 79.4 Å². The van der Waals surface area contributed by atoms with Gasteiger partial charge in [-0.3, -0.25) is 9.69 Å². The Morgan fingerprint density at radius 1 is 1.15 bits per heavy atom. The van der Waals surface area contributed by atoms with Gasteiger partial charge >= 0.3 is 0 Å². The van der Waals surface area contributed by atoms with Gasteiger partial charge in [0.15, 0.2) is 5.78 Å². The molecule has 0 aromatic heterocycles. The number of allylic oxidation sites excluding steroid dienone is 3. The molecule has 0 amide bonds. The van der Waals surface area contributed by atoms with Crippen LogP contribution in [0, 0.1) is 36.4 Å². The molecule has 1 atom stereocenters. The average molecular weight is 635 g/mol. The van der Waals surface area contributed by atoms with Crippen LogP contribution in [-0.2, 0) is 11.4 Å². The number of ketones is 1. The Morgan fingerprint density at radius 3 is 2.56 bits per heavy atom. The highest BCUT2D eigenvalue weighted by Gasteiger charge is 2.45. The number of benzene rings is 3. The van der Waals surface area contributed by atoms with Crippen LogP contribution >= 0.6 is 27.5 Å². The van der Waals surface area contributed by atoms with Crippen molar-refractivity contribution in [2.24, 2.45) is 11.1 Å². The Balaban J connectivity index is 1.68. The maximum atomic E-state index is 15.4. The maximum Gasteiger partial charge on any atom is 0.162 e. The number of anilines is 1. The van der Waals surface area contributed by atoms with E-state index in [1.54, 1.807) is 29.2 Å². The van der Waals surface area contributed by atoms with Crippen molar-refractivity contribution in [1.29, 1.82) is 5.26 Å². The Bertz CT molecular complexity index is 1690. The minimum Gasteiger partial charge on any atom is -0.487 e. The third-order valence-corrected chi connectivity index (χ3v) is 8.59. The highest BCUT2D eigenvalue weighted by Crippen LogP contribution is 2.51. The number of hydrogen-bond acceptors (Lipinski definition) is 5. The Kier molecular flexibility index (Phi) is 7.76. The van der Waals surface area contributed by atoms with E-state index in [-0.39, 0.29) is 34.9 Å². The molecule has 1 aliphatic heterocycles. The first-order chi connectivity index (χ1) is 19.4. The lowest BCUT2D eigenvalue weighted by Crippen LogP contribution is -2.42. The number of halogens is 3. The van der Waals surface area contributed by atoms with Crippen molar-refractivity contribution in [3.63, 3.8) is 0 Å².